The SMILES string of the molecule is C#CCN1CC(CC)(CC)NCC1C(C)C. The molecule has 1 unspecified atom stereocenters. The minimum atomic E-state index is 0.280. The second-order valence-electron chi connectivity index (χ2n) is 5.29. The van der Waals surface area contributed by atoms with Gasteiger partial charge in [0.15, 0.2) is 0 Å². The molecular weight excluding hydrogens is 196 g/mol. The van der Waals surface area contributed by atoms with Crippen LogP contribution in [-0.4, -0.2) is 36.1 Å². The Bertz CT molecular complexity index is 248. The van der Waals surface area contributed by atoms with Gasteiger partial charge in [-0.2, -0.15) is 0 Å². The molecular formula is C14H26N2. The lowest BCUT2D eigenvalue weighted by Crippen LogP contribution is -2.64. The lowest BCUT2D eigenvalue weighted by atomic mass is 9.86. The molecule has 1 rings (SSSR count). The van der Waals surface area contributed by atoms with E-state index in [1.807, 2.05) is 0 Å². The van der Waals surface area contributed by atoms with Gasteiger partial charge in [0.25, 0.3) is 0 Å². The quantitative estimate of drug-likeness (QED) is 0.733. The van der Waals surface area contributed by atoms with E-state index < -0.39 is 0 Å². The molecule has 16 heavy (non-hydrogen) atoms. The molecule has 2 nitrogen and oxygen atoms in total. The van der Waals surface area contributed by atoms with Crippen molar-refractivity contribution in [3.05, 3.63) is 0 Å². The van der Waals surface area contributed by atoms with Crippen LogP contribution in [0.1, 0.15) is 40.5 Å². The summed E-state index contributed by atoms with van der Waals surface area (Å²) < 4.78 is 0. The first-order chi connectivity index (χ1) is 7.58. The third kappa shape index (κ3) is 2.78. The average Bonchev–Trinajstić information content (AvgIpc) is 2.29. The van der Waals surface area contributed by atoms with Crippen molar-refractivity contribution in [1.29, 1.82) is 0 Å². The maximum absolute atomic E-state index is 5.48. The van der Waals surface area contributed by atoms with Gasteiger partial charge in [0.1, 0.15) is 0 Å². The molecule has 1 heterocycles. The summed E-state index contributed by atoms with van der Waals surface area (Å²) in [4.78, 5) is 2.48. The van der Waals surface area contributed by atoms with E-state index in [0.717, 1.165) is 19.6 Å². The molecule has 1 aliphatic heterocycles. The Balaban J connectivity index is 2.75. The number of hydrogen-bond donors (Lipinski definition) is 1. The molecule has 1 aliphatic rings. The highest BCUT2D eigenvalue weighted by Crippen LogP contribution is 2.25. The van der Waals surface area contributed by atoms with Crippen LogP contribution in [0.15, 0.2) is 0 Å². The summed E-state index contributed by atoms with van der Waals surface area (Å²) in [5, 5.41) is 3.74. The Morgan fingerprint density at radius 2 is 2.06 bits per heavy atom. The maximum atomic E-state index is 5.48. The summed E-state index contributed by atoms with van der Waals surface area (Å²) >= 11 is 0. The smallest absolute Gasteiger partial charge is 0.0602 e. The van der Waals surface area contributed by atoms with Crippen molar-refractivity contribution < 1.29 is 0 Å². The first kappa shape index (κ1) is 13.5. The van der Waals surface area contributed by atoms with E-state index in [-0.39, 0.29) is 5.54 Å². The minimum Gasteiger partial charge on any atom is -0.308 e. The van der Waals surface area contributed by atoms with Gasteiger partial charge < -0.3 is 5.32 Å². The van der Waals surface area contributed by atoms with Gasteiger partial charge >= 0.3 is 0 Å². The van der Waals surface area contributed by atoms with Crippen molar-refractivity contribution in [1.82, 2.24) is 10.2 Å². The highest BCUT2D eigenvalue weighted by molar-refractivity contribution is 5.01. The topological polar surface area (TPSA) is 15.3 Å². The van der Waals surface area contributed by atoms with E-state index in [0.29, 0.717) is 12.0 Å². The van der Waals surface area contributed by atoms with E-state index in [1.54, 1.807) is 0 Å². The zero-order valence-electron chi connectivity index (χ0n) is 11.2. The van der Waals surface area contributed by atoms with Crippen molar-refractivity contribution in [3.63, 3.8) is 0 Å². The first-order valence-corrected chi connectivity index (χ1v) is 6.51. The molecule has 0 spiro atoms. The molecule has 0 saturated carbocycles. The summed E-state index contributed by atoms with van der Waals surface area (Å²) in [6.45, 7) is 12.0. The minimum absolute atomic E-state index is 0.280. The van der Waals surface area contributed by atoms with Crippen LogP contribution in [0.25, 0.3) is 0 Å². The predicted molar refractivity (Wildman–Crippen MR) is 70.3 cm³/mol. The number of piperazine rings is 1. The Kier molecular flexibility index (Phi) is 4.83. The van der Waals surface area contributed by atoms with E-state index >= 15 is 0 Å². The molecule has 0 amide bonds. The van der Waals surface area contributed by atoms with Crippen LogP contribution in [0.5, 0.6) is 0 Å². The van der Waals surface area contributed by atoms with E-state index in [1.165, 1.54) is 12.8 Å². The van der Waals surface area contributed by atoms with Crippen LogP contribution in [0.2, 0.25) is 0 Å². The van der Waals surface area contributed by atoms with Crippen LogP contribution < -0.4 is 5.32 Å². The molecule has 0 aromatic carbocycles. The summed E-state index contributed by atoms with van der Waals surface area (Å²) in [6.07, 6.45) is 7.83. The number of hydrogen-bond acceptors (Lipinski definition) is 2. The molecule has 2 heteroatoms. The summed E-state index contributed by atoms with van der Waals surface area (Å²) in [6, 6.07) is 0.585. The van der Waals surface area contributed by atoms with E-state index in [9.17, 15) is 0 Å². The van der Waals surface area contributed by atoms with E-state index in [2.05, 4.69) is 43.8 Å². The molecule has 0 aromatic rings. The van der Waals surface area contributed by atoms with Crippen LogP contribution >= 0.6 is 0 Å². The van der Waals surface area contributed by atoms with Crippen LogP contribution in [0, 0.1) is 18.3 Å². The summed E-state index contributed by atoms with van der Waals surface area (Å²) in [5.74, 6) is 3.47. The number of nitrogens with zero attached hydrogens (tertiary/aromatic N) is 1. The van der Waals surface area contributed by atoms with Gasteiger partial charge in [-0.1, -0.05) is 33.6 Å². The highest BCUT2D eigenvalue weighted by atomic mass is 15.3. The molecule has 0 radical (unpaired) electrons. The lowest BCUT2D eigenvalue weighted by molar-refractivity contribution is 0.0618. The molecule has 92 valence electrons. The van der Waals surface area contributed by atoms with Crippen molar-refractivity contribution in [2.75, 3.05) is 19.6 Å². The van der Waals surface area contributed by atoms with Gasteiger partial charge in [-0.3, -0.25) is 4.90 Å². The fraction of sp³-hybridized carbons (Fsp3) is 0.857. The lowest BCUT2D eigenvalue weighted by Gasteiger charge is -2.48. The van der Waals surface area contributed by atoms with Gasteiger partial charge in [-0.25, -0.2) is 0 Å². The predicted octanol–water partition coefficient (Wildman–Crippen LogP) is 2.11. The van der Waals surface area contributed by atoms with Crippen molar-refractivity contribution >= 4 is 0 Å². The second kappa shape index (κ2) is 5.70. The van der Waals surface area contributed by atoms with Crippen LogP contribution in [-0.2, 0) is 0 Å². The third-order valence-electron chi connectivity index (χ3n) is 4.08. The monoisotopic (exact) mass is 222 g/mol. The number of terminal acetylenes is 1. The molecule has 1 atom stereocenters. The van der Waals surface area contributed by atoms with Gasteiger partial charge in [0.2, 0.25) is 0 Å². The Morgan fingerprint density at radius 1 is 1.44 bits per heavy atom. The normalized spacial score (nSPS) is 25.6. The fourth-order valence-electron chi connectivity index (χ4n) is 2.68. The largest absolute Gasteiger partial charge is 0.308 e. The van der Waals surface area contributed by atoms with E-state index in [4.69, 9.17) is 6.42 Å². The van der Waals surface area contributed by atoms with Crippen molar-refractivity contribution in [2.45, 2.75) is 52.1 Å². The van der Waals surface area contributed by atoms with Gasteiger partial charge in [0, 0.05) is 24.7 Å². The van der Waals surface area contributed by atoms with Crippen molar-refractivity contribution in [3.8, 4) is 12.3 Å². The average molecular weight is 222 g/mol. The van der Waals surface area contributed by atoms with Crippen LogP contribution in [0.4, 0.5) is 0 Å². The van der Waals surface area contributed by atoms with Gasteiger partial charge in [-0.05, 0) is 18.8 Å². The van der Waals surface area contributed by atoms with Crippen molar-refractivity contribution in [2.24, 2.45) is 5.92 Å². The zero-order chi connectivity index (χ0) is 12.2. The zero-order valence-corrected chi connectivity index (χ0v) is 11.2. The van der Waals surface area contributed by atoms with Gasteiger partial charge in [-0.15, -0.1) is 6.42 Å². The molecule has 0 aliphatic carbocycles. The number of rotatable bonds is 4. The summed E-state index contributed by atoms with van der Waals surface area (Å²) in [5.41, 5.74) is 0.280. The van der Waals surface area contributed by atoms with Crippen LogP contribution in [0.3, 0.4) is 0 Å². The third-order valence-corrected chi connectivity index (χ3v) is 4.08. The van der Waals surface area contributed by atoms with Gasteiger partial charge in [0.05, 0.1) is 6.54 Å². The Labute approximate surface area is 101 Å². The molecule has 0 bridgehead atoms. The standard InChI is InChI=1S/C14H26N2/c1-6-9-16-11-14(7-2,8-3)15-10-13(16)12(4)5/h1,12-13,15H,7-11H2,2-5H3. The maximum Gasteiger partial charge on any atom is 0.0602 e. The Hall–Kier alpha value is -0.520. The molecule has 0 aromatic heterocycles. The Morgan fingerprint density at radius 3 is 2.50 bits per heavy atom. The first-order valence-electron chi connectivity index (χ1n) is 6.51. The molecule has 1 saturated heterocycles. The molecule has 1 N–H and O–H groups in total. The summed E-state index contributed by atoms with van der Waals surface area (Å²) in [7, 11) is 0. The molecule has 1 fully saturated rings. The highest BCUT2D eigenvalue weighted by Gasteiger charge is 2.37. The second-order valence-corrected chi connectivity index (χ2v) is 5.29. The number of nitrogens with one attached hydrogen (secondary N) is 1. The fourth-order valence-corrected chi connectivity index (χ4v) is 2.68.